The Hall–Kier alpha value is -2.96. The Labute approximate surface area is 170 Å². The molecular weight excluding hydrogens is 394 g/mol. The van der Waals surface area contributed by atoms with Crippen molar-refractivity contribution in [2.75, 3.05) is 5.32 Å². The van der Waals surface area contributed by atoms with E-state index < -0.39 is 5.91 Å². The van der Waals surface area contributed by atoms with Gasteiger partial charge in [-0.05, 0) is 25.1 Å². The maximum absolute atomic E-state index is 12.9. The van der Waals surface area contributed by atoms with Gasteiger partial charge < -0.3 is 4.57 Å². The standard InChI is InChI=1S/C21H16ClN3O2S/c1-2-25-11-16(19(26)15-10-14(22)8-9-18(15)25)20(27)24-21-23-17(12-28-21)13-6-4-3-5-7-13/h3-12H,2H2,1H3,(H,23,24,27). The van der Waals surface area contributed by atoms with Crippen LogP contribution in [0.5, 0.6) is 0 Å². The van der Waals surface area contributed by atoms with Gasteiger partial charge >= 0.3 is 0 Å². The van der Waals surface area contributed by atoms with Crippen LogP contribution in [0.15, 0.2) is 64.9 Å². The van der Waals surface area contributed by atoms with Crippen LogP contribution in [0.3, 0.4) is 0 Å². The number of hydrogen-bond acceptors (Lipinski definition) is 4. The molecule has 0 radical (unpaired) electrons. The average Bonchev–Trinajstić information content (AvgIpc) is 3.17. The van der Waals surface area contributed by atoms with Gasteiger partial charge in [0, 0.05) is 34.1 Å². The molecule has 0 aliphatic rings. The van der Waals surface area contributed by atoms with Gasteiger partial charge in [-0.15, -0.1) is 11.3 Å². The molecule has 2 aromatic carbocycles. The van der Waals surface area contributed by atoms with Crippen molar-refractivity contribution in [2.45, 2.75) is 13.5 Å². The van der Waals surface area contributed by atoms with E-state index in [1.165, 1.54) is 11.3 Å². The smallest absolute Gasteiger partial charge is 0.262 e. The minimum absolute atomic E-state index is 0.0630. The third-order valence-corrected chi connectivity index (χ3v) is 5.41. The van der Waals surface area contributed by atoms with Crippen LogP contribution in [0.2, 0.25) is 5.02 Å². The van der Waals surface area contributed by atoms with Gasteiger partial charge in [-0.25, -0.2) is 4.98 Å². The zero-order valence-corrected chi connectivity index (χ0v) is 16.6. The fourth-order valence-corrected chi connectivity index (χ4v) is 3.92. The normalized spacial score (nSPS) is 10.9. The summed E-state index contributed by atoms with van der Waals surface area (Å²) < 4.78 is 1.86. The SMILES string of the molecule is CCn1cc(C(=O)Nc2nc(-c3ccccc3)cs2)c(=O)c2cc(Cl)ccc21. The molecule has 2 aromatic heterocycles. The van der Waals surface area contributed by atoms with Crippen LogP contribution in [0.25, 0.3) is 22.2 Å². The lowest BCUT2D eigenvalue weighted by atomic mass is 10.1. The molecule has 0 aliphatic heterocycles. The summed E-state index contributed by atoms with van der Waals surface area (Å²) >= 11 is 7.37. The number of nitrogens with one attached hydrogen (secondary N) is 1. The molecule has 1 N–H and O–H groups in total. The number of fused-ring (bicyclic) bond motifs is 1. The van der Waals surface area contributed by atoms with Crippen molar-refractivity contribution in [3.8, 4) is 11.3 Å². The first-order chi connectivity index (χ1) is 13.6. The van der Waals surface area contributed by atoms with E-state index in [0.717, 1.165) is 16.8 Å². The summed E-state index contributed by atoms with van der Waals surface area (Å²) in [5.41, 5.74) is 2.20. The number of anilines is 1. The van der Waals surface area contributed by atoms with E-state index in [2.05, 4.69) is 10.3 Å². The topological polar surface area (TPSA) is 64.0 Å². The summed E-state index contributed by atoms with van der Waals surface area (Å²) in [6.45, 7) is 2.57. The molecule has 1 amide bonds. The number of aromatic nitrogens is 2. The number of carbonyl (C=O) groups is 1. The molecular formula is C21H16ClN3O2S. The number of hydrogen-bond donors (Lipinski definition) is 1. The van der Waals surface area contributed by atoms with Crippen LogP contribution >= 0.6 is 22.9 Å². The van der Waals surface area contributed by atoms with Crippen LogP contribution in [-0.2, 0) is 6.54 Å². The van der Waals surface area contributed by atoms with E-state index in [-0.39, 0.29) is 11.0 Å². The first-order valence-corrected chi connectivity index (χ1v) is 9.97. The minimum Gasteiger partial charge on any atom is -0.347 e. The van der Waals surface area contributed by atoms with Crippen molar-refractivity contribution in [1.82, 2.24) is 9.55 Å². The number of benzene rings is 2. The first kappa shape index (κ1) is 18.4. The maximum Gasteiger partial charge on any atom is 0.262 e. The van der Waals surface area contributed by atoms with Crippen LogP contribution in [0.4, 0.5) is 5.13 Å². The molecule has 0 fully saturated rings. The van der Waals surface area contributed by atoms with Crippen molar-refractivity contribution in [2.24, 2.45) is 0 Å². The second-order valence-electron chi connectivity index (χ2n) is 6.18. The second-order valence-corrected chi connectivity index (χ2v) is 7.47. The molecule has 0 saturated heterocycles. The monoisotopic (exact) mass is 409 g/mol. The van der Waals surface area contributed by atoms with E-state index >= 15 is 0 Å². The summed E-state index contributed by atoms with van der Waals surface area (Å²) in [4.78, 5) is 30.1. The van der Waals surface area contributed by atoms with E-state index in [9.17, 15) is 9.59 Å². The van der Waals surface area contributed by atoms with Crippen LogP contribution in [0, 0.1) is 0 Å². The fraction of sp³-hybridized carbons (Fsp3) is 0.0952. The lowest BCUT2D eigenvalue weighted by molar-refractivity contribution is 0.102. The Kier molecular flexibility index (Phi) is 4.98. The Morgan fingerprint density at radius 1 is 1.21 bits per heavy atom. The van der Waals surface area contributed by atoms with E-state index in [4.69, 9.17) is 11.6 Å². The van der Waals surface area contributed by atoms with E-state index in [0.29, 0.717) is 22.1 Å². The number of nitrogens with zero attached hydrogens (tertiary/aromatic N) is 2. The zero-order valence-electron chi connectivity index (χ0n) is 15.0. The highest BCUT2D eigenvalue weighted by Gasteiger charge is 2.17. The van der Waals surface area contributed by atoms with E-state index in [1.54, 1.807) is 24.4 Å². The number of rotatable bonds is 4. The molecule has 28 heavy (non-hydrogen) atoms. The lowest BCUT2D eigenvalue weighted by Gasteiger charge is -2.11. The number of amides is 1. The molecule has 0 bridgehead atoms. The number of aryl methyl sites for hydroxylation is 1. The highest BCUT2D eigenvalue weighted by Crippen LogP contribution is 2.25. The summed E-state index contributed by atoms with van der Waals surface area (Å²) in [7, 11) is 0. The third-order valence-electron chi connectivity index (χ3n) is 4.42. The van der Waals surface area contributed by atoms with Gasteiger partial charge in [-0.3, -0.25) is 14.9 Å². The van der Waals surface area contributed by atoms with Gasteiger partial charge in [-0.2, -0.15) is 0 Å². The Bertz CT molecular complexity index is 1230. The summed E-state index contributed by atoms with van der Waals surface area (Å²) in [6, 6.07) is 14.8. The molecule has 0 aliphatic carbocycles. The number of carbonyl (C=O) groups excluding carboxylic acids is 1. The minimum atomic E-state index is -0.483. The number of pyridine rings is 1. The highest BCUT2D eigenvalue weighted by molar-refractivity contribution is 7.14. The number of halogens is 1. The van der Waals surface area contributed by atoms with Crippen molar-refractivity contribution in [3.63, 3.8) is 0 Å². The van der Waals surface area contributed by atoms with Gasteiger partial charge in [0.05, 0.1) is 11.2 Å². The van der Waals surface area contributed by atoms with Gasteiger partial charge in [0.1, 0.15) is 5.56 Å². The lowest BCUT2D eigenvalue weighted by Crippen LogP contribution is -2.23. The van der Waals surface area contributed by atoms with Crippen LogP contribution in [-0.4, -0.2) is 15.5 Å². The van der Waals surface area contributed by atoms with Gasteiger partial charge in [0.25, 0.3) is 5.91 Å². The Morgan fingerprint density at radius 3 is 2.75 bits per heavy atom. The average molecular weight is 410 g/mol. The number of thiazole rings is 1. The van der Waals surface area contributed by atoms with Crippen molar-refractivity contribution >= 4 is 44.9 Å². The molecule has 4 rings (SSSR count). The molecule has 2 heterocycles. The molecule has 5 nitrogen and oxygen atoms in total. The van der Waals surface area contributed by atoms with Crippen molar-refractivity contribution in [1.29, 1.82) is 0 Å². The summed E-state index contributed by atoms with van der Waals surface area (Å²) in [5.74, 6) is -0.483. The van der Waals surface area contributed by atoms with Gasteiger partial charge in [-0.1, -0.05) is 41.9 Å². The van der Waals surface area contributed by atoms with Crippen molar-refractivity contribution in [3.05, 3.63) is 80.9 Å². The van der Waals surface area contributed by atoms with Crippen molar-refractivity contribution < 1.29 is 4.79 Å². The van der Waals surface area contributed by atoms with Gasteiger partial charge in [0.2, 0.25) is 5.43 Å². The van der Waals surface area contributed by atoms with Crippen LogP contribution < -0.4 is 10.7 Å². The zero-order chi connectivity index (χ0) is 19.7. The molecule has 140 valence electrons. The predicted octanol–water partition coefficient (Wildman–Crippen LogP) is 5.05. The summed E-state index contributed by atoms with van der Waals surface area (Å²) in [5, 5.41) is 5.93. The molecule has 7 heteroatoms. The van der Waals surface area contributed by atoms with Gasteiger partial charge in [0.15, 0.2) is 5.13 Å². The second kappa shape index (κ2) is 7.58. The predicted molar refractivity (Wildman–Crippen MR) is 114 cm³/mol. The first-order valence-electron chi connectivity index (χ1n) is 8.72. The molecule has 0 saturated carbocycles. The molecule has 4 aromatic rings. The molecule has 0 atom stereocenters. The van der Waals surface area contributed by atoms with Crippen LogP contribution in [0.1, 0.15) is 17.3 Å². The highest BCUT2D eigenvalue weighted by atomic mass is 35.5. The maximum atomic E-state index is 12.9. The Balaban J connectivity index is 1.69. The summed E-state index contributed by atoms with van der Waals surface area (Å²) in [6.07, 6.45) is 1.58. The van der Waals surface area contributed by atoms with E-state index in [1.807, 2.05) is 47.2 Å². The third kappa shape index (κ3) is 3.44. The fourth-order valence-electron chi connectivity index (χ4n) is 3.03. The quantitative estimate of drug-likeness (QED) is 0.513. The molecule has 0 unspecified atom stereocenters. The Morgan fingerprint density at radius 2 is 2.00 bits per heavy atom. The largest absolute Gasteiger partial charge is 0.347 e. The molecule has 0 spiro atoms.